The van der Waals surface area contributed by atoms with Crippen molar-refractivity contribution in [1.82, 2.24) is 10.2 Å². The molecule has 1 aromatic carbocycles. The number of hydrogen-bond acceptors (Lipinski definition) is 2. The van der Waals surface area contributed by atoms with Crippen molar-refractivity contribution < 1.29 is 0 Å². The maximum absolute atomic E-state index is 6.20. The summed E-state index contributed by atoms with van der Waals surface area (Å²) < 4.78 is 1.17. The highest BCUT2D eigenvalue weighted by atomic mass is 79.9. The minimum Gasteiger partial charge on any atom is -0.314 e. The minimum absolute atomic E-state index is 0.445. The molecule has 0 bridgehead atoms. The standard InChI is InChI=1S/C15H22BrClN2/c1-3-11(2)15(19-8-6-18-7-9-19)13-10-12(17)4-5-14(13)16/h4-5,10-11,15,18H,3,6-9H2,1-2H3/t11?,15-/m0/s1. The van der Waals surface area contributed by atoms with E-state index in [4.69, 9.17) is 11.6 Å². The second kappa shape index (κ2) is 7.07. The van der Waals surface area contributed by atoms with E-state index in [1.54, 1.807) is 0 Å². The SMILES string of the molecule is CCC(C)[C@@H](c1cc(Cl)ccc1Br)N1CCNCC1. The Bertz CT molecular complexity index is 419. The van der Waals surface area contributed by atoms with Crippen LogP contribution in [0.2, 0.25) is 5.02 Å². The Morgan fingerprint density at radius 2 is 2.05 bits per heavy atom. The van der Waals surface area contributed by atoms with Crippen LogP contribution in [0.1, 0.15) is 31.9 Å². The highest BCUT2D eigenvalue weighted by molar-refractivity contribution is 9.10. The van der Waals surface area contributed by atoms with Gasteiger partial charge in [0.15, 0.2) is 0 Å². The van der Waals surface area contributed by atoms with E-state index in [9.17, 15) is 0 Å². The van der Waals surface area contributed by atoms with E-state index in [0.717, 1.165) is 31.2 Å². The molecule has 0 saturated carbocycles. The average Bonchev–Trinajstić information content (AvgIpc) is 2.44. The van der Waals surface area contributed by atoms with Crippen LogP contribution in [-0.2, 0) is 0 Å². The average molecular weight is 346 g/mol. The van der Waals surface area contributed by atoms with Crippen molar-refractivity contribution in [3.8, 4) is 0 Å². The monoisotopic (exact) mass is 344 g/mol. The molecule has 1 aliphatic rings. The number of hydrogen-bond donors (Lipinski definition) is 1. The molecule has 1 aliphatic heterocycles. The van der Waals surface area contributed by atoms with Gasteiger partial charge in [-0.15, -0.1) is 0 Å². The molecule has 4 heteroatoms. The number of nitrogens with zero attached hydrogens (tertiary/aromatic N) is 1. The second-order valence-corrected chi connectivity index (χ2v) is 6.57. The van der Waals surface area contributed by atoms with Crippen molar-refractivity contribution in [1.29, 1.82) is 0 Å². The summed E-state index contributed by atoms with van der Waals surface area (Å²) in [6, 6.07) is 6.57. The molecule has 2 nitrogen and oxygen atoms in total. The van der Waals surface area contributed by atoms with Gasteiger partial charge in [0.05, 0.1) is 0 Å². The van der Waals surface area contributed by atoms with E-state index in [1.807, 2.05) is 6.07 Å². The molecule has 1 unspecified atom stereocenters. The van der Waals surface area contributed by atoms with Gasteiger partial charge in [0, 0.05) is 41.7 Å². The quantitative estimate of drug-likeness (QED) is 0.884. The molecule has 0 radical (unpaired) electrons. The van der Waals surface area contributed by atoms with E-state index >= 15 is 0 Å². The Morgan fingerprint density at radius 1 is 1.37 bits per heavy atom. The van der Waals surface area contributed by atoms with Crippen LogP contribution >= 0.6 is 27.5 Å². The lowest BCUT2D eigenvalue weighted by atomic mass is 9.90. The summed E-state index contributed by atoms with van der Waals surface area (Å²) in [4.78, 5) is 2.58. The lowest BCUT2D eigenvalue weighted by Gasteiger charge is -2.39. The number of piperazine rings is 1. The van der Waals surface area contributed by atoms with Crippen LogP contribution in [0.4, 0.5) is 0 Å². The number of nitrogens with one attached hydrogen (secondary N) is 1. The maximum Gasteiger partial charge on any atom is 0.0410 e. The first-order valence-electron chi connectivity index (χ1n) is 7.03. The van der Waals surface area contributed by atoms with Crippen molar-refractivity contribution >= 4 is 27.5 Å². The first-order chi connectivity index (χ1) is 9.13. The van der Waals surface area contributed by atoms with Gasteiger partial charge < -0.3 is 5.32 Å². The number of rotatable bonds is 4. The Morgan fingerprint density at radius 3 is 2.68 bits per heavy atom. The molecule has 1 heterocycles. The first-order valence-corrected chi connectivity index (χ1v) is 8.20. The van der Waals surface area contributed by atoms with Crippen LogP contribution < -0.4 is 5.32 Å². The third kappa shape index (κ3) is 3.72. The topological polar surface area (TPSA) is 15.3 Å². The lowest BCUT2D eigenvalue weighted by Crippen LogP contribution is -2.46. The molecule has 0 aliphatic carbocycles. The molecule has 106 valence electrons. The van der Waals surface area contributed by atoms with E-state index < -0.39 is 0 Å². The highest BCUT2D eigenvalue weighted by Crippen LogP contribution is 2.36. The molecule has 2 rings (SSSR count). The summed E-state index contributed by atoms with van der Waals surface area (Å²) in [6.07, 6.45) is 1.17. The van der Waals surface area contributed by atoms with Gasteiger partial charge in [-0.2, -0.15) is 0 Å². The van der Waals surface area contributed by atoms with Crippen molar-refractivity contribution in [3.63, 3.8) is 0 Å². The molecule has 0 spiro atoms. The summed E-state index contributed by atoms with van der Waals surface area (Å²) >= 11 is 9.89. The van der Waals surface area contributed by atoms with Crippen LogP contribution in [0.15, 0.2) is 22.7 Å². The van der Waals surface area contributed by atoms with Gasteiger partial charge in [-0.25, -0.2) is 0 Å². The Hall–Kier alpha value is -0.0900. The Labute approximate surface area is 129 Å². The van der Waals surface area contributed by atoms with E-state index in [-0.39, 0.29) is 0 Å². The van der Waals surface area contributed by atoms with Crippen molar-refractivity contribution in [3.05, 3.63) is 33.3 Å². The first kappa shape index (κ1) is 15.3. The van der Waals surface area contributed by atoms with Crippen LogP contribution in [-0.4, -0.2) is 31.1 Å². The zero-order valence-corrected chi connectivity index (χ0v) is 14.0. The molecule has 19 heavy (non-hydrogen) atoms. The minimum atomic E-state index is 0.445. The molecular weight excluding hydrogens is 324 g/mol. The molecular formula is C15H22BrClN2. The summed E-state index contributed by atoms with van der Waals surface area (Å²) in [7, 11) is 0. The summed E-state index contributed by atoms with van der Waals surface area (Å²) in [6.45, 7) is 8.95. The lowest BCUT2D eigenvalue weighted by molar-refractivity contribution is 0.128. The summed E-state index contributed by atoms with van der Waals surface area (Å²) in [5.41, 5.74) is 1.32. The largest absolute Gasteiger partial charge is 0.314 e. The predicted octanol–water partition coefficient (Wildman–Crippen LogP) is 4.09. The second-order valence-electron chi connectivity index (χ2n) is 5.28. The molecule has 1 saturated heterocycles. The zero-order chi connectivity index (χ0) is 13.8. The van der Waals surface area contributed by atoms with E-state index in [2.05, 4.69) is 52.1 Å². The van der Waals surface area contributed by atoms with Gasteiger partial charge in [-0.3, -0.25) is 4.90 Å². The molecule has 2 atom stereocenters. The number of halogens is 2. The van der Waals surface area contributed by atoms with Crippen LogP contribution in [0, 0.1) is 5.92 Å². The Balaban J connectivity index is 2.33. The fourth-order valence-electron chi connectivity index (χ4n) is 2.79. The fraction of sp³-hybridized carbons (Fsp3) is 0.600. The van der Waals surface area contributed by atoms with E-state index in [0.29, 0.717) is 12.0 Å². The van der Waals surface area contributed by atoms with Gasteiger partial charge in [-0.1, -0.05) is 47.8 Å². The number of benzene rings is 1. The van der Waals surface area contributed by atoms with Crippen molar-refractivity contribution in [2.75, 3.05) is 26.2 Å². The van der Waals surface area contributed by atoms with Gasteiger partial charge in [0.2, 0.25) is 0 Å². The molecule has 0 amide bonds. The van der Waals surface area contributed by atoms with Gasteiger partial charge >= 0.3 is 0 Å². The van der Waals surface area contributed by atoms with Crippen LogP contribution in [0.5, 0.6) is 0 Å². The molecule has 1 aromatic rings. The maximum atomic E-state index is 6.20. The van der Waals surface area contributed by atoms with Gasteiger partial charge in [0.25, 0.3) is 0 Å². The van der Waals surface area contributed by atoms with Gasteiger partial charge in [-0.05, 0) is 29.7 Å². The molecule has 0 aromatic heterocycles. The Kier molecular flexibility index (Phi) is 5.70. The predicted molar refractivity (Wildman–Crippen MR) is 85.8 cm³/mol. The third-order valence-corrected chi connectivity index (χ3v) is 4.96. The normalized spacial score (nSPS) is 20.2. The van der Waals surface area contributed by atoms with Crippen molar-refractivity contribution in [2.45, 2.75) is 26.3 Å². The third-order valence-electron chi connectivity index (χ3n) is 4.00. The molecule has 1 fully saturated rings. The summed E-state index contributed by atoms with van der Waals surface area (Å²) in [5, 5.41) is 4.25. The van der Waals surface area contributed by atoms with E-state index in [1.165, 1.54) is 16.5 Å². The van der Waals surface area contributed by atoms with Crippen LogP contribution in [0.25, 0.3) is 0 Å². The fourth-order valence-corrected chi connectivity index (χ4v) is 3.45. The summed E-state index contributed by atoms with van der Waals surface area (Å²) in [5.74, 6) is 0.618. The molecule has 1 N–H and O–H groups in total. The van der Waals surface area contributed by atoms with Crippen LogP contribution in [0.3, 0.4) is 0 Å². The zero-order valence-electron chi connectivity index (χ0n) is 11.6. The van der Waals surface area contributed by atoms with Gasteiger partial charge in [0.1, 0.15) is 0 Å². The van der Waals surface area contributed by atoms with Crippen molar-refractivity contribution in [2.24, 2.45) is 5.92 Å². The smallest absolute Gasteiger partial charge is 0.0410 e. The highest BCUT2D eigenvalue weighted by Gasteiger charge is 2.27.